The second kappa shape index (κ2) is 7.55. The van der Waals surface area contributed by atoms with Crippen LogP contribution in [0.5, 0.6) is 17.2 Å². The number of unbranched alkanes of at least 4 members (excludes halogenated alkanes) is 2. The Balaban J connectivity index is 2.22. The Morgan fingerprint density at radius 3 is 2.26 bits per heavy atom. The van der Waals surface area contributed by atoms with Gasteiger partial charge in [0.1, 0.15) is 6.10 Å². The van der Waals surface area contributed by atoms with E-state index in [0.717, 1.165) is 44.8 Å². The molecule has 0 aromatic heterocycles. The molecule has 0 saturated carbocycles. The highest BCUT2D eigenvalue weighted by Crippen LogP contribution is 2.46. The number of phenolic OH excluding ortho intramolecular Hbond substituents is 3. The van der Waals surface area contributed by atoms with Crippen LogP contribution < -0.4 is 0 Å². The quantitative estimate of drug-likeness (QED) is 0.503. The lowest BCUT2D eigenvalue weighted by atomic mass is 10.0. The molecule has 6 heteroatoms. The molecule has 0 bridgehead atoms. The summed E-state index contributed by atoms with van der Waals surface area (Å²) in [4.78, 5) is 14.2. The largest absolute Gasteiger partial charge is 0.504 e. The minimum Gasteiger partial charge on any atom is -0.504 e. The minimum absolute atomic E-state index is 0.119. The van der Waals surface area contributed by atoms with Gasteiger partial charge in [-0.25, -0.2) is 4.79 Å². The van der Waals surface area contributed by atoms with Crippen LogP contribution in [0, 0.1) is 0 Å². The van der Waals surface area contributed by atoms with Crippen LogP contribution in [-0.4, -0.2) is 45.8 Å². The van der Waals surface area contributed by atoms with Gasteiger partial charge in [0.05, 0.1) is 11.1 Å². The van der Waals surface area contributed by atoms with E-state index < -0.39 is 29.3 Å². The lowest BCUT2D eigenvalue weighted by Crippen LogP contribution is -2.31. The molecule has 3 N–H and O–H groups in total. The van der Waals surface area contributed by atoms with Crippen molar-refractivity contribution in [2.75, 3.05) is 19.6 Å². The average molecular weight is 323 g/mol. The van der Waals surface area contributed by atoms with Crippen LogP contribution >= 0.6 is 0 Å². The van der Waals surface area contributed by atoms with Gasteiger partial charge in [-0.15, -0.1) is 0 Å². The molecule has 128 valence electrons. The van der Waals surface area contributed by atoms with Gasteiger partial charge in [-0.2, -0.15) is 0 Å². The van der Waals surface area contributed by atoms with E-state index in [0.29, 0.717) is 6.54 Å². The summed E-state index contributed by atoms with van der Waals surface area (Å²) >= 11 is 0. The van der Waals surface area contributed by atoms with E-state index in [4.69, 9.17) is 4.74 Å². The number of hydrogen-bond donors (Lipinski definition) is 3. The first kappa shape index (κ1) is 17.4. The fourth-order valence-corrected chi connectivity index (χ4v) is 2.83. The SMILES string of the molecule is CCCCN(CCCC)C[C@H]1OC(=O)c2cc(O)c(O)c(O)c21. The molecular weight excluding hydrogens is 298 g/mol. The van der Waals surface area contributed by atoms with Gasteiger partial charge in [0.15, 0.2) is 11.5 Å². The predicted molar refractivity (Wildman–Crippen MR) is 85.8 cm³/mol. The van der Waals surface area contributed by atoms with Crippen LogP contribution in [0.15, 0.2) is 6.07 Å². The van der Waals surface area contributed by atoms with Crippen molar-refractivity contribution in [3.8, 4) is 17.2 Å². The molecule has 23 heavy (non-hydrogen) atoms. The number of aromatic hydroxyl groups is 3. The maximum atomic E-state index is 12.0. The van der Waals surface area contributed by atoms with E-state index in [1.165, 1.54) is 0 Å². The van der Waals surface area contributed by atoms with Gasteiger partial charge < -0.3 is 20.1 Å². The molecule has 0 saturated heterocycles. The van der Waals surface area contributed by atoms with Gasteiger partial charge in [0, 0.05) is 6.54 Å². The minimum atomic E-state index is -0.627. The van der Waals surface area contributed by atoms with Gasteiger partial charge in [-0.3, -0.25) is 4.90 Å². The van der Waals surface area contributed by atoms with Crippen molar-refractivity contribution in [2.24, 2.45) is 0 Å². The molecule has 0 aliphatic carbocycles. The molecule has 1 atom stereocenters. The fraction of sp³-hybridized carbons (Fsp3) is 0.588. The summed E-state index contributed by atoms with van der Waals surface area (Å²) in [7, 11) is 0. The molecule has 0 fully saturated rings. The summed E-state index contributed by atoms with van der Waals surface area (Å²) in [5.41, 5.74) is 0.386. The summed E-state index contributed by atoms with van der Waals surface area (Å²) in [6.07, 6.45) is 3.61. The number of cyclic esters (lactones) is 1. The first-order valence-corrected chi connectivity index (χ1v) is 8.20. The molecule has 1 heterocycles. The third-order valence-corrected chi connectivity index (χ3v) is 4.16. The van der Waals surface area contributed by atoms with Crippen LogP contribution in [-0.2, 0) is 4.74 Å². The van der Waals surface area contributed by atoms with Crippen LogP contribution in [0.4, 0.5) is 0 Å². The topological polar surface area (TPSA) is 90.2 Å². The van der Waals surface area contributed by atoms with E-state index in [1.807, 2.05) is 0 Å². The number of carbonyl (C=O) groups is 1. The standard InChI is InChI=1S/C17H25NO5/c1-3-5-7-18(8-6-4-2)10-13-14-11(17(22)23-13)9-12(19)15(20)16(14)21/h9,13,19-21H,3-8,10H2,1-2H3/t13-/m1/s1. The number of ether oxygens (including phenoxy) is 1. The van der Waals surface area contributed by atoms with Crippen molar-refractivity contribution >= 4 is 5.97 Å². The van der Waals surface area contributed by atoms with Crippen LogP contribution in [0.3, 0.4) is 0 Å². The Morgan fingerprint density at radius 1 is 1.09 bits per heavy atom. The molecule has 0 unspecified atom stereocenters. The molecule has 1 aliphatic rings. The number of phenols is 3. The molecule has 0 amide bonds. The van der Waals surface area contributed by atoms with Gasteiger partial charge in [-0.1, -0.05) is 26.7 Å². The van der Waals surface area contributed by atoms with Crippen molar-refractivity contribution < 1.29 is 24.9 Å². The number of carbonyl (C=O) groups excluding carboxylic acids is 1. The Bertz CT molecular complexity index is 565. The van der Waals surface area contributed by atoms with E-state index >= 15 is 0 Å². The maximum Gasteiger partial charge on any atom is 0.339 e. The van der Waals surface area contributed by atoms with Crippen LogP contribution in [0.25, 0.3) is 0 Å². The van der Waals surface area contributed by atoms with E-state index in [9.17, 15) is 20.1 Å². The Morgan fingerprint density at radius 2 is 1.70 bits per heavy atom. The van der Waals surface area contributed by atoms with Gasteiger partial charge >= 0.3 is 5.97 Å². The first-order chi connectivity index (χ1) is 11.0. The molecule has 6 nitrogen and oxygen atoms in total. The second-order valence-corrected chi connectivity index (χ2v) is 5.96. The van der Waals surface area contributed by atoms with Crippen molar-refractivity contribution in [3.63, 3.8) is 0 Å². The molecule has 0 spiro atoms. The summed E-state index contributed by atoms with van der Waals surface area (Å²) < 4.78 is 5.35. The zero-order valence-electron chi connectivity index (χ0n) is 13.7. The van der Waals surface area contributed by atoms with E-state index in [2.05, 4.69) is 18.7 Å². The van der Waals surface area contributed by atoms with Crippen molar-refractivity contribution in [3.05, 3.63) is 17.2 Å². The number of nitrogens with zero attached hydrogens (tertiary/aromatic N) is 1. The van der Waals surface area contributed by atoms with E-state index in [-0.39, 0.29) is 11.1 Å². The molecule has 2 rings (SSSR count). The highest BCUT2D eigenvalue weighted by molar-refractivity contribution is 5.96. The van der Waals surface area contributed by atoms with Gasteiger partial charge in [-0.05, 0) is 32.0 Å². The highest BCUT2D eigenvalue weighted by atomic mass is 16.6. The number of esters is 1. The number of hydrogen-bond acceptors (Lipinski definition) is 6. The van der Waals surface area contributed by atoms with Gasteiger partial charge in [0.25, 0.3) is 0 Å². The second-order valence-electron chi connectivity index (χ2n) is 5.96. The smallest absolute Gasteiger partial charge is 0.339 e. The summed E-state index contributed by atoms with van der Waals surface area (Å²) in [5.74, 6) is -2.18. The van der Waals surface area contributed by atoms with Crippen LogP contribution in [0.2, 0.25) is 0 Å². The van der Waals surface area contributed by atoms with Crippen molar-refractivity contribution in [2.45, 2.75) is 45.6 Å². The Kier molecular flexibility index (Phi) is 5.71. The molecule has 1 aliphatic heterocycles. The third-order valence-electron chi connectivity index (χ3n) is 4.16. The fourth-order valence-electron chi connectivity index (χ4n) is 2.83. The lowest BCUT2D eigenvalue weighted by molar-refractivity contribution is 0.0287. The summed E-state index contributed by atoms with van der Waals surface area (Å²) in [5, 5.41) is 29.4. The predicted octanol–water partition coefficient (Wildman–Crippen LogP) is 2.92. The van der Waals surface area contributed by atoms with Crippen molar-refractivity contribution in [1.82, 2.24) is 4.90 Å². The van der Waals surface area contributed by atoms with Crippen LogP contribution in [0.1, 0.15) is 61.6 Å². The number of fused-ring (bicyclic) bond motifs is 1. The monoisotopic (exact) mass is 323 g/mol. The first-order valence-electron chi connectivity index (χ1n) is 8.20. The third kappa shape index (κ3) is 3.69. The maximum absolute atomic E-state index is 12.0. The molecule has 1 aromatic carbocycles. The normalized spacial score (nSPS) is 16.7. The zero-order chi connectivity index (χ0) is 17.0. The highest BCUT2D eigenvalue weighted by Gasteiger charge is 2.37. The summed E-state index contributed by atoms with van der Waals surface area (Å²) in [6, 6.07) is 1.15. The Labute approximate surface area is 136 Å². The zero-order valence-corrected chi connectivity index (χ0v) is 13.7. The lowest BCUT2D eigenvalue weighted by Gasteiger charge is -2.25. The van der Waals surface area contributed by atoms with Crippen molar-refractivity contribution in [1.29, 1.82) is 0 Å². The molecular formula is C17H25NO5. The molecule has 1 aromatic rings. The Hall–Kier alpha value is -1.95. The van der Waals surface area contributed by atoms with Gasteiger partial charge in [0.2, 0.25) is 5.75 Å². The molecule has 0 radical (unpaired) electrons. The average Bonchev–Trinajstić information content (AvgIpc) is 2.83. The van der Waals surface area contributed by atoms with E-state index in [1.54, 1.807) is 0 Å². The number of benzene rings is 1. The number of rotatable bonds is 8. The summed E-state index contributed by atoms with van der Waals surface area (Å²) in [6.45, 7) is 6.50.